The minimum Gasteiger partial charge on any atom is -0.481 e. The van der Waals surface area contributed by atoms with Crippen LogP contribution in [0.25, 0.3) is 0 Å². The summed E-state index contributed by atoms with van der Waals surface area (Å²) in [6, 6.07) is 0.466. The summed E-state index contributed by atoms with van der Waals surface area (Å²) in [4.78, 5) is 8.02. The average Bonchev–Trinajstić information content (AvgIpc) is 2.38. The second kappa shape index (κ2) is 5.79. The standard InChI is InChI=1S/C11H18N4O2/c1-16-11-9(10(12)14-7-15-11)6-13-8-2-4-17-5-3-8/h7-8,13H,2-6H2,1H3,(H2,12,14,15). The number of aromatic nitrogens is 2. The maximum Gasteiger partial charge on any atom is 0.222 e. The van der Waals surface area contributed by atoms with Gasteiger partial charge in [-0.15, -0.1) is 0 Å². The topological polar surface area (TPSA) is 82.3 Å². The lowest BCUT2D eigenvalue weighted by Crippen LogP contribution is -2.34. The number of hydrogen-bond donors (Lipinski definition) is 2. The van der Waals surface area contributed by atoms with Gasteiger partial charge >= 0.3 is 0 Å². The van der Waals surface area contributed by atoms with E-state index in [-0.39, 0.29) is 0 Å². The molecule has 3 N–H and O–H groups in total. The van der Waals surface area contributed by atoms with Gasteiger partial charge in [-0.2, -0.15) is 0 Å². The van der Waals surface area contributed by atoms with Gasteiger partial charge in [0.2, 0.25) is 5.88 Å². The highest BCUT2D eigenvalue weighted by Crippen LogP contribution is 2.19. The third-order valence-corrected chi connectivity index (χ3v) is 2.92. The molecule has 0 radical (unpaired) electrons. The molecule has 2 rings (SSSR count). The Balaban J connectivity index is 1.97. The van der Waals surface area contributed by atoms with Crippen LogP contribution in [0.1, 0.15) is 18.4 Å². The molecule has 17 heavy (non-hydrogen) atoms. The fraction of sp³-hybridized carbons (Fsp3) is 0.636. The van der Waals surface area contributed by atoms with E-state index >= 15 is 0 Å². The lowest BCUT2D eigenvalue weighted by Gasteiger charge is -2.23. The molecule has 0 spiro atoms. The van der Waals surface area contributed by atoms with Crippen molar-refractivity contribution in [3.63, 3.8) is 0 Å². The summed E-state index contributed by atoms with van der Waals surface area (Å²) in [6.07, 6.45) is 3.46. The predicted octanol–water partition coefficient (Wildman–Crippen LogP) is 0.336. The maximum absolute atomic E-state index is 5.82. The predicted molar refractivity (Wildman–Crippen MR) is 63.7 cm³/mol. The lowest BCUT2D eigenvalue weighted by atomic mass is 10.1. The molecular weight excluding hydrogens is 220 g/mol. The molecule has 6 heteroatoms. The fourth-order valence-corrected chi connectivity index (χ4v) is 1.90. The Morgan fingerprint density at radius 2 is 2.24 bits per heavy atom. The van der Waals surface area contributed by atoms with Crippen LogP contribution in [-0.4, -0.2) is 36.3 Å². The van der Waals surface area contributed by atoms with Crippen LogP contribution in [-0.2, 0) is 11.3 Å². The molecule has 1 saturated heterocycles. The molecule has 1 aliphatic rings. The van der Waals surface area contributed by atoms with Crippen molar-refractivity contribution in [1.29, 1.82) is 0 Å². The maximum atomic E-state index is 5.82. The Kier molecular flexibility index (Phi) is 4.11. The van der Waals surface area contributed by atoms with Crippen LogP contribution in [0.3, 0.4) is 0 Å². The number of hydrogen-bond acceptors (Lipinski definition) is 6. The van der Waals surface area contributed by atoms with Crippen LogP contribution in [0.2, 0.25) is 0 Å². The van der Waals surface area contributed by atoms with E-state index in [0.717, 1.165) is 31.6 Å². The van der Waals surface area contributed by atoms with Gasteiger partial charge in [0.15, 0.2) is 0 Å². The molecule has 1 fully saturated rings. The Labute approximate surface area is 101 Å². The van der Waals surface area contributed by atoms with Crippen molar-refractivity contribution in [2.75, 3.05) is 26.1 Å². The summed E-state index contributed by atoms with van der Waals surface area (Å²) in [7, 11) is 1.58. The highest BCUT2D eigenvalue weighted by molar-refractivity contribution is 5.44. The number of nitrogens with two attached hydrogens (primary N) is 1. The smallest absolute Gasteiger partial charge is 0.222 e. The van der Waals surface area contributed by atoms with Crippen LogP contribution in [0.4, 0.5) is 5.82 Å². The number of nitrogens with zero attached hydrogens (tertiary/aromatic N) is 2. The molecule has 0 aromatic carbocycles. The quantitative estimate of drug-likeness (QED) is 0.787. The molecule has 0 bridgehead atoms. The van der Waals surface area contributed by atoms with Crippen molar-refractivity contribution < 1.29 is 9.47 Å². The van der Waals surface area contributed by atoms with Crippen LogP contribution >= 0.6 is 0 Å². The van der Waals surface area contributed by atoms with Crippen molar-refractivity contribution in [1.82, 2.24) is 15.3 Å². The third kappa shape index (κ3) is 3.04. The zero-order chi connectivity index (χ0) is 12.1. The first-order chi connectivity index (χ1) is 8.31. The number of anilines is 1. The number of methoxy groups -OCH3 is 1. The fourth-order valence-electron chi connectivity index (χ4n) is 1.90. The summed E-state index contributed by atoms with van der Waals surface area (Å²) in [6.45, 7) is 2.26. The highest BCUT2D eigenvalue weighted by Gasteiger charge is 2.15. The van der Waals surface area contributed by atoms with E-state index in [2.05, 4.69) is 15.3 Å². The van der Waals surface area contributed by atoms with Crippen molar-refractivity contribution in [2.45, 2.75) is 25.4 Å². The van der Waals surface area contributed by atoms with Crippen molar-refractivity contribution in [3.8, 4) is 5.88 Å². The molecular formula is C11H18N4O2. The highest BCUT2D eigenvalue weighted by atomic mass is 16.5. The Morgan fingerprint density at radius 3 is 2.94 bits per heavy atom. The molecule has 6 nitrogen and oxygen atoms in total. The first-order valence-electron chi connectivity index (χ1n) is 5.75. The van der Waals surface area contributed by atoms with E-state index in [0.29, 0.717) is 24.3 Å². The van der Waals surface area contributed by atoms with Crippen LogP contribution in [0.5, 0.6) is 5.88 Å². The van der Waals surface area contributed by atoms with Gasteiger partial charge in [-0.05, 0) is 12.8 Å². The van der Waals surface area contributed by atoms with E-state index < -0.39 is 0 Å². The van der Waals surface area contributed by atoms with E-state index in [4.69, 9.17) is 15.2 Å². The molecule has 94 valence electrons. The lowest BCUT2D eigenvalue weighted by molar-refractivity contribution is 0.0775. The van der Waals surface area contributed by atoms with Crippen molar-refractivity contribution >= 4 is 5.82 Å². The number of ether oxygens (including phenoxy) is 2. The summed E-state index contributed by atoms with van der Waals surface area (Å²) in [5.74, 6) is 1.01. The summed E-state index contributed by atoms with van der Waals surface area (Å²) in [5, 5.41) is 3.43. The SMILES string of the molecule is COc1ncnc(N)c1CNC1CCOCC1. The van der Waals surface area contributed by atoms with Gasteiger partial charge < -0.3 is 20.5 Å². The zero-order valence-corrected chi connectivity index (χ0v) is 9.98. The van der Waals surface area contributed by atoms with Crippen molar-refractivity contribution in [3.05, 3.63) is 11.9 Å². The van der Waals surface area contributed by atoms with Crippen LogP contribution < -0.4 is 15.8 Å². The van der Waals surface area contributed by atoms with E-state index in [9.17, 15) is 0 Å². The summed E-state index contributed by atoms with van der Waals surface area (Å²) in [5.41, 5.74) is 6.64. The molecule has 0 unspecified atom stereocenters. The Hall–Kier alpha value is -1.40. The second-order valence-corrected chi connectivity index (χ2v) is 4.01. The van der Waals surface area contributed by atoms with Gasteiger partial charge in [0.1, 0.15) is 12.1 Å². The van der Waals surface area contributed by atoms with Crippen LogP contribution in [0, 0.1) is 0 Å². The molecule has 0 atom stereocenters. The van der Waals surface area contributed by atoms with Gasteiger partial charge in [0.25, 0.3) is 0 Å². The third-order valence-electron chi connectivity index (χ3n) is 2.92. The van der Waals surface area contributed by atoms with Gasteiger partial charge in [0.05, 0.1) is 12.7 Å². The summed E-state index contributed by atoms with van der Waals surface area (Å²) >= 11 is 0. The van der Waals surface area contributed by atoms with Gasteiger partial charge in [-0.25, -0.2) is 9.97 Å². The molecule has 0 amide bonds. The van der Waals surface area contributed by atoms with Gasteiger partial charge in [-0.1, -0.05) is 0 Å². The Morgan fingerprint density at radius 1 is 1.47 bits per heavy atom. The first kappa shape index (κ1) is 12.1. The van der Waals surface area contributed by atoms with E-state index in [1.807, 2.05) is 0 Å². The first-order valence-corrected chi connectivity index (χ1v) is 5.75. The molecule has 1 aromatic rings. The second-order valence-electron chi connectivity index (χ2n) is 4.01. The molecule has 1 aliphatic heterocycles. The van der Waals surface area contributed by atoms with E-state index in [1.54, 1.807) is 7.11 Å². The van der Waals surface area contributed by atoms with Crippen LogP contribution in [0.15, 0.2) is 6.33 Å². The van der Waals surface area contributed by atoms with E-state index in [1.165, 1.54) is 6.33 Å². The normalized spacial score (nSPS) is 17.0. The van der Waals surface area contributed by atoms with Gasteiger partial charge in [-0.3, -0.25) is 0 Å². The number of rotatable bonds is 4. The van der Waals surface area contributed by atoms with Crippen molar-refractivity contribution in [2.24, 2.45) is 0 Å². The monoisotopic (exact) mass is 238 g/mol. The zero-order valence-electron chi connectivity index (χ0n) is 9.98. The largest absolute Gasteiger partial charge is 0.481 e. The molecule has 0 aliphatic carbocycles. The average molecular weight is 238 g/mol. The van der Waals surface area contributed by atoms with Gasteiger partial charge in [0, 0.05) is 25.8 Å². The molecule has 0 saturated carbocycles. The minimum absolute atomic E-state index is 0.466. The Bertz CT molecular complexity index is 366. The minimum atomic E-state index is 0.466. The summed E-state index contributed by atoms with van der Waals surface area (Å²) < 4.78 is 10.5. The molecule has 2 heterocycles. The molecule has 1 aromatic heterocycles. The number of nitrogen functional groups attached to an aromatic ring is 1. The number of nitrogens with one attached hydrogen (secondary N) is 1.